The SMILES string of the molecule is Nc1cnncc1C1CC1. The topological polar surface area (TPSA) is 51.8 Å². The molecular formula is C7H9N3. The van der Waals surface area contributed by atoms with E-state index in [1.165, 1.54) is 18.4 Å². The average Bonchev–Trinajstić information content (AvgIpc) is 2.71. The normalized spacial score (nSPS) is 17.2. The summed E-state index contributed by atoms with van der Waals surface area (Å²) in [5.41, 5.74) is 7.62. The van der Waals surface area contributed by atoms with Crippen molar-refractivity contribution in [3.8, 4) is 0 Å². The summed E-state index contributed by atoms with van der Waals surface area (Å²) in [6.07, 6.45) is 5.91. The molecule has 0 saturated heterocycles. The lowest BCUT2D eigenvalue weighted by Gasteiger charge is -1.98. The molecule has 0 atom stereocenters. The summed E-state index contributed by atoms with van der Waals surface area (Å²) < 4.78 is 0. The van der Waals surface area contributed by atoms with Crippen molar-refractivity contribution in [1.29, 1.82) is 0 Å². The molecule has 0 aliphatic heterocycles. The molecule has 1 aliphatic rings. The first-order valence-electron chi connectivity index (χ1n) is 3.44. The minimum absolute atomic E-state index is 0.676. The Bertz CT molecular complexity index is 242. The predicted molar refractivity (Wildman–Crippen MR) is 38.4 cm³/mol. The largest absolute Gasteiger partial charge is 0.397 e. The van der Waals surface area contributed by atoms with Crippen LogP contribution in [0.3, 0.4) is 0 Å². The van der Waals surface area contributed by atoms with Crippen LogP contribution in [0.1, 0.15) is 24.3 Å². The third-order valence-corrected chi connectivity index (χ3v) is 1.81. The molecule has 1 saturated carbocycles. The Labute approximate surface area is 59.3 Å². The number of aromatic nitrogens is 2. The molecule has 0 bridgehead atoms. The van der Waals surface area contributed by atoms with Crippen molar-refractivity contribution in [2.75, 3.05) is 5.73 Å². The zero-order valence-corrected chi connectivity index (χ0v) is 5.62. The Morgan fingerprint density at radius 2 is 2.00 bits per heavy atom. The van der Waals surface area contributed by atoms with Crippen LogP contribution < -0.4 is 5.73 Å². The molecule has 0 aromatic carbocycles. The highest BCUT2D eigenvalue weighted by molar-refractivity contribution is 5.46. The van der Waals surface area contributed by atoms with Crippen molar-refractivity contribution in [1.82, 2.24) is 10.2 Å². The number of nitrogens with two attached hydrogens (primary N) is 1. The van der Waals surface area contributed by atoms with Crippen LogP contribution in [0.15, 0.2) is 12.4 Å². The van der Waals surface area contributed by atoms with Crippen molar-refractivity contribution < 1.29 is 0 Å². The van der Waals surface area contributed by atoms with Crippen LogP contribution in [-0.2, 0) is 0 Å². The second-order valence-corrected chi connectivity index (χ2v) is 2.67. The van der Waals surface area contributed by atoms with Crippen LogP contribution in [-0.4, -0.2) is 10.2 Å². The molecule has 1 aliphatic carbocycles. The minimum Gasteiger partial charge on any atom is -0.397 e. The van der Waals surface area contributed by atoms with Crippen LogP contribution >= 0.6 is 0 Å². The van der Waals surface area contributed by atoms with Gasteiger partial charge in [0.1, 0.15) is 0 Å². The Kier molecular flexibility index (Phi) is 1.09. The van der Waals surface area contributed by atoms with E-state index in [0.717, 1.165) is 5.69 Å². The molecule has 2 rings (SSSR count). The number of rotatable bonds is 1. The molecule has 10 heavy (non-hydrogen) atoms. The summed E-state index contributed by atoms with van der Waals surface area (Å²) in [6.45, 7) is 0. The van der Waals surface area contributed by atoms with Gasteiger partial charge in [0.05, 0.1) is 18.1 Å². The maximum absolute atomic E-state index is 5.66. The van der Waals surface area contributed by atoms with Gasteiger partial charge in [-0.15, -0.1) is 0 Å². The number of nitrogens with zero attached hydrogens (tertiary/aromatic N) is 2. The molecule has 0 radical (unpaired) electrons. The second kappa shape index (κ2) is 1.94. The van der Waals surface area contributed by atoms with Gasteiger partial charge in [0.25, 0.3) is 0 Å². The Morgan fingerprint density at radius 1 is 1.30 bits per heavy atom. The molecule has 3 heteroatoms. The zero-order valence-electron chi connectivity index (χ0n) is 5.62. The fraction of sp³-hybridized carbons (Fsp3) is 0.429. The molecule has 1 heterocycles. The lowest BCUT2D eigenvalue weighted by molar-refractivity contribution is 0.983. The van der Waals surface area contributed by atoms with E-state index in [0.29, 0.717) is 5.92 Å². The lowest BCUT2D eigenvalue weighted by Crippen LogP contribution is -1.94. The Hall–Kier alpha value is -1.12. The third-order valence-electron chi connectivity index (χ3n) is 1.81. The third kappa shape index (κ3) is 0.835. The first-order chi connectivity index (χ1) is 4.88. The highest BCUT2D eigenvalue weighted by Gasteiger charge is 2.25. The van der Waals surface area contributed by atoms with Gasteiger partial charge in [-0.3, -0.25) is 0 Å². The van der Waals surface area contributed by atoms with Gasteiger partial charge in [0.15, 0.2) is 0 Å². The van der Waals surface area contributed by atoms with Gasteiger partial charge < -0.3 is 5.73 Å². The maximum Gasteiger partial charge on any atom is 0.0728 e. The molecule has 1 aromatic rings. The first kappa shape index (κ1) is 5.65. The zero-order chi connectivity index (χ0) is 6.97. The lowest BCUT2D eigenvalue weighted by atomic mass is 10.2. The van der Waals surface area contributed by atoms with Crippen LogP contribution in [0.25, 0.3) is 0 Å². The van der Waals surface area contributed by atoms with Crippen molar-refractivity contribution in [2.24, 2.45) is 0 Å². The van der Waals surface area contributed by atoms with E-state index in [4.69, 9.17) is 5.73 Å². The van der Waals surface area contributed by atoms with E-state index >= 15 is 0 Å². The van der Waals surface area contributed by atoms with Crippen LogP contribution in [0, 0.1) is 0 Å². The van der Waals surface area contributed by atoms with Gasteiger partial charge in [0.2, 0.25) is 0 Å². The first-order valence-corrected chi connectivity index (χ1v) is 3.44. The van der Waals surface area contributed by atoms with Crippen LogP contribution in [0.2, 0.25) is 0 Å². The second-order valence-electron chi connectivity index (χ2n) is 2.67. The van der Waals surface area contributed by atoms with Crippen molar-refractivity contribution >= 4 is 5.69 Å². The number of nitrogen functional groups attached to an aromatic ring is 1. The molecule has 1 aromatic heterocycles. The molecule has 2 N–H and O–H groups in total. The highest BCUT2D eigenvalue weighted by Crippen LogP contribution is 2.41. The number of hydrogen-bond donors (Lipinski definition) is 1. The number of hydrogen-bond acceptors (Lipinski definition) is 3. The fourth-order valence-electron chi connectivity index (χ4n) is 1.08. The van der Waals surface area contributed by atoms with E-state index in [1.54, 1.807) is 12.4 Å². The smallest absolute Gasteiger partial charge is 0.0728 e. The summed E-state index contributed by atoms with van der Waals surface area (Å²) in [7, 11) is 0. The van der Waals surface area contributed by atoms with Gasteiger partial charge in [-0.2, -0.15) is 10.2 Å². The molecular weight excluding hydrogens is 126 g/mol. The van der Waals surface area contributed by atoms with Gasteiger partial charge in [-0.05, 0) is 24.3 Å². The van der Waals surface area contributed by atoms with E-state index in [-0.39, 0.29) is 0 Å². The predicted octanol–water partition coefficient (Wildman–Crippen LogP) is 0.936. The summed E-state index contributed by atoms with van der Waals surface area (Å²) in [5.74, 6) is 0.676. The maximum atomic E-state index is 5.66. The quantitative estimate of drug-likeness (QED) is 0.623. The minimum atomic E-state index is 0.676. The number of anilines is 1. The van der Waals surface area contributed by atoms with Gasteiger partial charge in [-0.1, -0.05) is 0 Å². The van der Waals surface area contributed by atoms with Gasteiger partial charge in [-0.25, -0.2) is 0 Å². The van der Waals surface area contributed by atoms with Crippen molar-refractivity contribution in [2.45, 2.75) is 18.8 Å². The van der Waals surface area contributed by atoms with E-state index in [9.17, 15) is 0 Å². The van der Waals surface area contributed by atoms with E-state index in [1.807, 2.05) is 0 Å². The molecule has 52 valence electrons. The fourth-order valence-corrected chi connectivity index (χ4v) is 1.08. The average molecular weight is 135 g/mol. The van der Waals surface area contributed by atoms with Crippen LogP contribution in [0.4, 0.5) is 5.69 Å². The van der Waals surface area contributed by atoms with E-state index < -0.39 is 0 Å². The standard InChI is InChI=1S/C7H9N3/c8-7-4-10-9-3-6(7)5-1-2-5/h3-5H,1-2H2,(H2,8,9). The molecule has 0 amide bonds. The molecule has 0 spiro atoms. The highest BCUT2D eigenvalue weighted by atomic mass is 15.1. The Balaban J connectivity index is 2.39. The summed E-state index contributed by atoms with van der Waals surface area (Å²) in [4.78, 5) is 0. The summed E-state index contributed by atoms with van der Waals surface area (Å²) in [5, 5.41) is 7.46. The molecule has 0 unspecified atom stereocenters. The van der Waals surface area contributed by atoms with E-state index in [2.05, 4.69) is 10.2 Å². The van der Waals surface area contributed by atoms with Crippen LogP contribution in [0.5, 0.6) is 0 Å². The summed E-state index contributed by atoms with van der Waals surface area (Å²) >= 11 is 0. The van der Waals surface area contributed by atoms with Gasteiger partial charge in [0, 0.05) is 0 Å². The Morgan fingerprint density at radius 3 is 2.60 bits per heavy atom. The molecule has 1 fully saturated rings. The van der Waals surface area contributed by atoms with Crippen molar-refractivity contribution in [3.63, 3.8) is 0 Å². The monoisotopic (exact) mass is 135 g/mol. The van der Waals surface area contributed by atoms with Crippen molar-refractivity contribution in [3.05, 3.63) is 18.0 Å². The molecule has 3 nitrogen and oxygen atoms in total. The van der Waals surface area contributed by atoms with Gasteiger partial charge >= 0.3 is 0 Å². The summed E-state index contributed by atoms with van der Waals surface area (Å²) in [6, 6.07) is 0.